The Balaban J connectivity index is 2.05. The number of hydrogen-bond acceptors (Lipinski definition) is 3. The van der Waals surface area contributed by atoms with Crippen LogP contribution in [-0.4, -0.2) is 28.3 Å². The minimum Gasteiger partial charge on any atom is -0.399 e. The average molecular weight is 244 g/mol. The zero-order chi connectivity index (χ0) is 13.0. The van der Waals surface area contributed by atoms with E-state index >= 15 is 0 Å². The zero-order valence-electron chi connectivity index (χ0n) is 11.2. The summed E-state index contributed by atoms with van der Waals surface area (Å²) in [6.45, 7) is 8.21. The topological polar surface area (TPSA) is 47.1 Å². The van der Waals surface area contributed by atoms with Gasteiger partial charge in [-0.1, -0.05) is 0 Å². The van der Waals surface area contributed by atoms with Gasteiger partial charge in [-0.25, -0.2) is 0 Å². The first kappa shape index (κ1) is 11.7. The molecule has 1 aliphatic rings. The lowest BCUT2D eigenvalue weighted by molar-refractivity contribution is 0.00578. The Morgan fingerprint density at radius 1 is 1.11 bits per heavy atom. The predicted molar refractivity (Wildman–Crippen MR) is 71.8 cm³/mol. The van der Waals surface area contributed by atoms with Crippen molar-refractivity contribution in [3.8, 4) is 0 Å². The molecule has 0 radical (unpaired) electrons. The van der Waals surface area contributed by atoms with Crippen LogP contribution in [0.25, 0.3) is 10.9 Å². The third-order valence-electron chi connectivity index (χ3n) is 4.01. The van der Waals surface area contributed by atoms with Crippen LogP contribution in [0.2, 0.25) is 0 Å². The van der Waals surface area contributed by atoms with Gasteiger partial charge >= 0.3 is 7.12 Å². The summed E-state index contributed by atoms with van der Waals surface area (Å²) < 4.78 is 12.1. The van der Waals surface area contributed by atoms with E-state index in [1.807, 2.05) is 24.7 Å². The maximum Gasteiger partial charge on any atom is 0.497 e. The highest BCUT2D eigenvalue weighted by atomic mass is 16.7. The Bertz CT molecular complexity index is 575. The smallest absolute Gasteiger partial charge is 0.399 e. The second kappa shape index (κ2) is 3.59. The highest BCUT2D eigenvalue weighted by Crippen LogP contribution is 2.36. The summed E-state index contributed by atoms with van der Waals surface area (Å²) in [7, 11) is -0.359. The molecule has 3 heterocycles. The molecule has 1 N–H and O–H groups in total. The molecule has 0 aliphatic carbocycles. The summed E-state index contributed by atoms with van der Waals surface area (Å²) in [5.74, 6) is 0. The SMILES string of the molecule is CC1(C)OB(c2cncc3[nH]ccc23)OC1(C)C. The molecule has 0 bridgehead atoms. The van der Waals surface area contributed by atoms with E-state index in [1.54, 1.807) is 0 Å². The Morgan fingerprint density at radius 3 is 2.44 bits per heavy atom. The molecule has 94 valence electrons. The molecule has 0 saturated carbocycles. The van der Waals surface area contributed by atoms with Gasteiger partial charge in [-0.3, -0.25) is 4.98 Å². The van der Waals surface area contributed by atoms with E-state index in [2.05, 4.69) is 37.7 Å². The van der Waals surface area contributed by atoms with E-state index in [9.17, 15) is 0 Å². The lowest BCUT2D eigenvalue weighted by Gasteiger charge is -2.32. The fourth-order valence-corrected chi connectivity index (χ4v) is 2.16. The number of nitrogens with zero attached hydrogens (tertiary/aromatic N) is 1. The lowest BCUT2D eigenvalue weighted by Crippen LogP contribution is -2.41. The van der Waals surface area contributed by atoms with Crippen molar-refractivity contribution in [2.45, 2.75) is 38.9 Å². The van der Waals surface area contributed by atoms with Gasteiger partial charge in [0.05, 0.1) is 22.9 Å². The van der Waals surface area contributed by atoms with Crippen LogP contribution in [0.5, 0.6) is 0 Å². The van der Waals surface area contributed by atoms with Crippen molar-refractivity contribution >= 4 is 23.5 Å². The van der Waals surface area contributed by atoms with Crippen LogP contribution < -0.4 is 5.46 Å². The van der Waals surface area contributed by atoms with Gasteiger partial charge in [0.2, 0.25) is 0 Å². The maximum absolute atomic E-state index is 6.05. The van der Waals surface area contributed by atoms with Crippen molar-refractivity contribution in [2.24, 2.45) is 0 Å². The minimum absolute atomic E-state index is 0.323. The molecule has 0 spiro atoms. The summed E-state index contributed by atoms with van der Waals surface area (Å²) in [6.07, 6.45) is 5.53. The summed E-state index contributed by atoms with van der Waals surface area (Å²) in [4.78, 5) is 7.39. The van der Waals surface area contributed by atoms with Gasteiger partial charge in [-0.15, -0.1) is 0 Å². The molecule has 5 heteroatoms. The quantitative estimate of drug-likeness (QED) is 0.779. The Kier molecular flexibility index (Phi) is 2.34. The molecular formula is C13H17BN2O2. The monoisotopic (exact) mass is 244 g/mol. The average Bonchev–Trinajstić information content (AvgIpc) is 2.81. The fraction of sp³-hybridized carbons (Fsp3) is 0.462. The number of rotatable bonds is 1. The summed E-state index contributed by atoms with van der Waals surface area (Å²) in [6, 6.07) is 2.03. The molecule has 1 fully saturated rings. The van der Waals surface area contributed by atoms with Crippen LogP contribution in [0.3, 0.4) is 0 Å². The molecule has 4 nitrogen and oxygen atoms in total. The number of fused-ring (bicyclic) bond motifs is 1. The molecule has 0 atom stereocenters. The van der Waals surface area contributed by atoms with Gasteiger partial charge in [0, 0.05) is 23.2 Å². The number of aromatic amines is 1. The number of nitrogens with one attached hydrogen (secondary N) is 1. The van der Waals surface area contributed by atoms with Crippen LogP contribution >= 0.6 is 0 Å². The van der Waals surface area contributed by atoms with E-state index in [4.69, 9.17) is 9.31 Å². The highest BCUT2D eigenvalue weighted by molar-refractivity contribution is 6.65. The zero-order valence-corrected chi connectivity index (χ0v) is 11.2. The number of hydrogen-bond donors (Lipinski definition) is 1. The van der Waals surface area contributed by atoms with Crippen LogP contribution in [0.1, 0.15) is 27.7 Å². The van der Waals surface area contributed by atoms with Crippen molar-refractivity contribution in [3.05, 3.63) is 24.7 Å². The van der Waals surface area contributed by atoms with E-state index in [1.165, 1.54) is 0 Å². The van der Waals surface area contributed by atoms with Crippen molar-refractivity contribution < 1.29 is 9.31 Å². The van der Waals surface area contributed by atoms with E-state index in [0.29, 0.717) is 0 Å². The lowest BCUT2D eigenvalue weighted by atomic mass is 9.78. The Labute approximate surface area is 107 Å². The molecule has 18 heavy (non-hydrogen) atoms. The first-order chi connectivity index (χ1) is 8.41. The molecular weight excluding hydrogens is 227 g/mol. The number of H-pyrrole nitrogens is 1. The van der Waals surface area contributed by atoms with E-state index in [-0.39, 0.29) is 18.3 Å². The second-order valence-electron chi connectivity index (χ2n) is 5.76. The van der Waals surface area contributed by atoms with Crippen molar-refractivity contribution in [1.82, 2.24) is 9.97 Å². The Hall–Kier alpha value is -1.33. The van der Waals surface area contributed by atoms with Crippen LogP contribution in [0.15, 0.2) is 24.7 Å². The molecule has 1 aliphatic heterocycles. The third-order valence-corrected chi connectivity index (χ3v) is 4.01. The van der Waals surface area contributed by atoms with E-state index in [0.717, 1.165) is 16.4 Å². The molecule has 2 aromatic heterocycles. The summed E-state index contributed by atoms with van der Waals surface area (Å²) in [5.41, 5.74) is 1.33. The van der Waals surface area contributed by atoms with Gasteiger partial charge in [-0.05, 0) is 33.8 Å². The van der Waals surface area contributed by atoms with Crippen LogP contribution in [-0.2, 0) is 9.31 Å². The van der Waals surface area contributed by atoms with Gasteiger partial charge in [0.25, 0.3) is 0 Å². The van der Waals surface area contributed by atoms with Crippen molar-refractivity contribution in [3.63, 3.8) is 0 Å². The third kappa shape index (κ3) is 1.58. The highest BCUT2D eigenvalue weighted by Gasteiger charge is 2.52. The summed E-state index contributed by atoms with van der Waals surface area (Å²) >= 11 is 0. The molecule has 0 amide bonds. The standard InChI is InChI=1S/C13H17BN2O2/c1-12(2)13(3,4)18-14(17-12)10-7-15-8-11-9(10)5-6-16-11/h5-8,16H,1-4H3. The molecule has 0 unspecified atom stereocenters. The first-order valence-electron chi connectivity index (χ1n) is 6.17. The number of aromatic nitrogens is 2. The predicted octanol–water partition coefficient (Wildman–Crippen LogP) is 1.86. The fourth-order valence-electron chi connectivity index (χ4n) is 2.16. The first-order valence-corrected chi connectivity index (χ1v) is 6.17. The normalized spacial score (nSPS) is 21.7. The van der Waals surface area contributed by atoms with Crippen LogP contribution in [0, 0.1) is 0 Å². The maximum atomic E-state index is 6.05. The van der Waals surface area contributed by atoms with E-state index < -0.39 is 0 Å². The summed E-state index contributed by atoms with van der Waals surface area (Å²) in [5, 5.41) is 1.10. The van der Waals surface area contributed by atoms with Gasteiger partial charge in [-0.2, -0.15) is 0 Å². The van der Waals surface area contributed by atoms with Gasteiger partial charge in [0.15, 0.2) is 0 Å². The van der Waals surface area contributed by atoms with Crippen molar-refractivity contribution in [1.29, 1.82) is 0 Å². The molecule has 0 aromatic carbocycles. The number of pyridine rings is 1. The molecule has 1 saturated heterocycles. The van der Waals surface area contributed by atoms with Gasteiger partial charge in [0.1, 0.15) is 0 Å². The molecule has 3 rings (SSSR count). The largest absolute Gasteiger partial charge is 0.497 e. The van der Waals surface area contributed by atoms with Crippen molar-refractivity contribution in [2.75, 3.05) is 0 Å². The molecule has 2 aromatic rings. The minimum atomic E-state index is -0.359. The Morgan fingerprint density at radius 2 is 1.78 bits per heavy atom. The second-order valence-corrected chi connectivity index (χ2v) is 5.76. The van der Waals surface area contributed by atoms with Crippen LogP contribution in [0.4, 0.5) is 0 Å². The van der Waals surface area contributed by atoms with Gasteiger partial charge < -0.3 is 14.3 Å².